The average molecular weight is 477 g/mol. The predicted octanol–water partition coefficient (Wildman–Crippen LogP) is 3.05. The smallest absolute Gasteiger partial charge is 0.407 e. The van der Waals surface area contributed by atoms with Crippen LogP contribution in [0, 0.1) is 11.3 Å². The topological polar surface area (TPSA) is 114 Å². The molecule has 2 amide bonds. The van der Waals surface area contributed by atoms with Crippen LogP contribution in [0.2, 0.25) is 0 Å². The average Bonchev–Trinajstić information content (AvgIpc) is 3.17. The molecule has 0 radical (unpaired) electrons. The highest BCUT2D eigenvalue weighted by Crippen LogP contribution is 2.63. The molecule has 5 atom stereocenters. The summed E-state index contributed by atoms with van der Waals surface area (Å²) in [7, 11) is 0. The fraction of sp³-hybridized carbons (Fsp3) is 0.444. The Morgan fingerprint density at radius 2 is 1.69 bits per heavy atom. The molecule has 2 saturated carbocycles. The van der Waals surface area contributed by atoms with Gasteiger partial charge in [0, 0.05) is 18.6 Å². The van der Waals surface area contributed by atoms with E-state index in [4.69, 9.17) is 9.47 Å². The number of fused-ring (bicyclic) bond motifs is 4. The van der Waals surface area contributed by atoms with Crippen LogP contribution in [0.15, 0.2) is 48.5 Å². The van der Waals surface area contributed by atoms with Gasteiger partial charge in [0.2, 0.25) is 5.91 Å². The number of carboxylic acid groups (broad SMARTS) is 1. The minimum atomic E-state index is -1.06. The number of hydrogen-bond donors (Lipinski definition) is 3. The summed E-state index contributed by atoms with van der Waals surface area (Å²) in [5, 5.41) is 15.1. The molecule has 182 valence electrons. The molecular weight excluding hydrogens is 448 g/mol. The monoisotopic (exact) mass is 476 g/mol. The summed E-state index contributed by atoms with van der Waals surface area (Å²) in [6, 6.07) is 15.8. The van der Waals surface area contributed by atoms with Crippen molar-refractivity contribution in [1.29, 1.82) is 0 Å². The van der Waals surface area contributed by atoms with Crippen LogP contribution in [0.3, 0.4) is 0 Å². The second-order valence-corrected chi connectivity index (χ2v) is 10.2. The van der Waals surface area contributed by atoms with Crippen LogP contribution in [0.4, 0.5) is 4.79 Å². The molecule has 8 nitrogen and oxygen atoms in total. The van der Waals surface area contributed by atoms with Crippen LogP contribution in [0.25, 0.3) is 11.1 Å². The summed E-state index contributed by atoms with van der Waals surface area (Å²) in [5.74, 6) is -0.981. The van der Waals surface area contributed by atoms with Gasteiger partial charge in [-0.15, -0.1) is 0 Å². The van der Waals surface area contributed by atoms with Crippen molar-refractivity contribution >= 4 is 18.0 Å². The Morgan fingerprint density at radius 1 is 1.00 bits per heavy atom. The fourth-order valence-corrected chi connectivity index (χ4v) is 6.39. The van der Waals surface area contributed by atoms with Crippen molar-refractivity contribution in [1.82, 2.24) is 10.6 Å². The minimum absolute atomic E-state index is 0.00179. The van der Waals surface area contributed by atoms with E-state index in [2.05, 4.69) is 34.9 Å². The first-order valence-corrected chi connectivity index (χ1v) is 12.2. The third kappa shape index (κ3) is 3.76. The number of alkyl carbamates (subject to hydrolysis) is 1. The van der Waals surface area contributed by atoms with E-state index in [9.17, 15) is 19.5 Å². The molecule has 4 aliphatic rings. The van der Waals surface area contributed by atoms with Gasteiger partial charge in [0.15, 0.2) is 6.10 Å². The number of carbonyl (C=O) groups excluding carboxylic acids is 2. The molecule has 0 bridgehead atoms. The number of carbonyl (C=O) groups is 3. The summed E-state index contributed by atoms with van der Waals surface area (Å²) >= 11 is 0. The van der Waals surface area contributed by atoms with E-state index in [1.165, 1.54) is 11.1 Å². The van der Waals surface area contributed by atoms with Gasteiger partial charge in [-0.1, -0.05) is 48.5 Å². The third-order valence-corrected chi connectivity index (χ3v) is 8.18. The summed E-state index contributed by atoms with van der Waals surface area (Å²) in [6.07, 6.45) is 1.06. The van der Waals surface area contributed by atoms with Crippen LogP contribution in [-0.2, 0) is 19.1 Å². The van der Waals surface area contributed by atoms with E-state index in [1.807, 2.05) is 24.3 Å². The van der Waals surface area contributed by atoms with E-state index in [0.29, 0.717) is 19.4 Å². The van der Waals surface area contributed by atoms with Crippen molar-refractivity contribution in [2.45, 2.75) is 49.8 Å². The first-order chi connectivity index (χ1) is 17.0. The molecule has 2 aromatic rings. The Labute approximate surface area is 203 Å². The van der Waals surface area contributed by atoms with Crippen LogP contribution in [0.5, 0.6) is 0 Å². The Balaban J connectivity index is 1.04. The zero-order valence-corrected chi connectivity index (χ0v) is 19.2. The second-order valence-electron chi connectivity index (χ2n) is 10.2. The summed E-state index contributed by atoms with van der Waals surface area (Å²) in [5.41, 5.74) is 4.16. The lowest BCUT2D eigenvalue weighted by molar-refractivity contribution is -0.148. The summed E-state index contributed by atoms with van der Waals surface area (Å²) in [6.45, 7) is 0.574. The highest BCUT2D eigenvalue weighted by Gasteiger charge is 2.65. The van der Waals surface area contributed by atoms with Gasteiger partial charge < -0.3 is 25.2 Å². The normalized spacial score (nSPS) is 30.2. The van der Waals surface area contributed by atoms with Crippen molar-refractivity contribution in [2.24, 2.45) is 11.3 Å². The van der Waals surface area contributed by atoms with E-state index in [0.717, 1.165) is 24.0 Å². The van der Waals surface area contributed by atoms with Crippen molar-refractivity contribution in [3.05, 3.63) is 59.7 Å². The molecule has 0 spiro atoms. The molecule has 0 aromatic heterocycles. The first-order valence-electron chi connectivity index (χ1n) is 12.2. The molecular formula is C27H28N2O6. The standard InChI is InChI=1S/C27H28N2O6/c30-24(31)23-22(9-10-34-23)29-25(32)27-12-15(27)11-16(13-27)28-26(33)35-14-21-19-7-3-1-5-17(19)18-6-2-4-8-20(18)21/h1-8,15-16,21-23H,9-14H2,(H,28,33)(H,29,32)(H,30,31). The lowest BCUT2D eigenvalue weighted by atomic mass is 9.98. The van der Waals surface area contributed by atoms with Crippen LogP contribution >= 0.6 is 0 Å². The number of hydrogen-bond acceptors (Lipinski definition) is 5. The second kappa shape index (κ2) is 8.37. The van der Waals surface area contributed by atoms with E-state index >= 15 is 0 Å². The number of nitrogens with one attached hydrogen (secondary N) is 2. The number of benzene rings is 2. The molecule has 5 unspecified atom stereocenters. The maximum absolute atomic E-state index is 13.0. The van der Waals surface area contributed by atoms with Gasteiger partial charge in [-0.3, -0.25) is 4.79 Å². The lowest BCUT2D eigenvalue weighted by Crippen LogP contribution is -2.47. The van der Waals surface area contributed by atoms with Crippen molar-refractivity contribution in [3.63, 3.8) is 0 Å². The highest BCUT2D eigenvalue weighted by atomic mass is 16.5. The van der Waals surface area contributed by atoms with Crippen molar-refractivity contribution < 1.29 is 29.0 Å². The Morgan fingerprint density at radius 3 is 2.37 bits per heavy atom. The van der Waals surface area contributed by atoms with Gasteiger partial charge >= 0.3 is 12.1 Å². The van der Waals surface area contributed by atoms with Gasteiger partial charge in [-0.05, 0) is 53.9 Å². The number of carboxylic acids is 1. The number of rotatable bonds is 6. The lowest BCUT2D eigenvalue weighted by Gasteiger charge is -2.22. The third-order valence-electron chi connectivity index (χ3n) is 8.18. The zero-order valence-electron chi connectivity index (χ0n) is 19.2. The largest absolute Gasteiger partial charge is 0.479 e. The van der Waals surface area contributed by atoms with Gasteiger partial charge in [-0.2, -0.15) is 0 Å². The maximum Gasteiger partial charge on any atom is 0.407 e. The van der Waals surface area contributed by atoms with E-state index in [-0.39, 0.29) is 30.4 Å². The van der Waals surface area contributed by atoms with E-state index < -0.39 is 29.6 Å². The van der Waals surface area contributed by atoms with Crippen LogP contribution < -0.4 is 10.6 Å². The van der Waals surface area contributed by atoms with Gasteiger partial charge in [0.05, 0.1) is 11.5 Å². The Hall–Kier alpha value is -3.39. The Kier molecular flexibility index (Phi) is 5.29. The molecule has 3 fully saturated rings. The molecule has 8 heteroatoms. The molecule has 1 saturated heterocycles. The molecule has 1 aliphatic heterocycles. The molecule has 6 rings (SSSR count). The number of aliphatic carboxylic acids is 1. The summed E-state index contributed by atoms with van der Waals surface area (Å²) in [4.78, 5) is 37.0. The van der Waals surface area contributed by atoms with Crippen molar-refractivity contribution in [3.8, 4) is 11.1 Å². The van der Waals surface area contributed by atoms with Crippen LogP contribution in [-0.4, -0.2) is 54.5 Å². The van der Waals surface area contributed by atoms with Gasteiger partial charge in [-0.25, -0.2) is 9.59 Å². The molecule has 1 heterocycles. The zero-order chi connectivity index (χ0) is 24.2. The van der Waals surface area contributed by atoms with Gasteiger partial charge in [0.25, 0.3) is 0 Å². The quantitative estimate of drug-likeness (QED) is 0.591. The van der Waals surface area contributed by atoms with Crippen molar-refractivity contribution in [2.75, 3.05) is 13.2 Å². The SMILES string of the molecule is O=C(NC1CC2CC2(C(=O)NC2CCOC2C(=O)O)C1)OCC1c2ccccc2-c2ccccc21. The van der Waals surface area contributed by atoms with E-state index in [1.54, 1.807) is 0 Å². The summed E-state index contributed by atoms with van der Waals surface area (Å²) < 4.78 is 10.9. The molecule has 3 N–H and O–H groups in total. The minimum Gasteiger partial charge on any atom is -0.479 e. The van der Waals surface area contributed by atoms with Gasteiger partial charge in [0.1, 0.15) is 6.61 Å². The fourth-order valence-electron chi connectivity index (χ4n) is 6.39. The maximum atomic E-state index is 13.0. The molecule has 2 aromatic carbocycles. The predicted molar refractivity (Wildman–Crippen MR) is 126 cm³/mol. The molecule has 3 aliphatic carbocycles. The molecule has 35 heavy (non-hydrogen) atoms. The van der Waals surface area contributed by atoms with Crippen LogP contribution in [0.1, 0.15) is 42.7 Å². The number of amides is 2. The number of ether oxygens (including phenoxy) is 2. The first kappa shape index (κ1) is 22.1. The highest BCUT2D eigenvalue weighted by molar-refractivity contribution is 5.88. The Bertz CT molecular complexity index is 1150.